The maximum Gasteiger partial charge on any atom is 0.119 e. The van der Waals surface area contributed by atoms with Gasteiger partial charge in [0.05, 0.1) is 13.2 Å². The molecular weight excluding hydrogens is 236 g/mol. The Kier molecular flexibility index (Phi) is 4.99. The molecule has 2 rings (SSSR count). The molecule has 2 heteroatoms. The van der Waals surface area contributed by atoms with E-state index in [0.29, 0.717) is 6.61 Å². The van der Waals surface area contributed by atoms with E-state index in [1.165, 1.54) is 16.7 Å². The minimum absolute atomic E-state index is 0.702. The zero-order valence-electron chi connectivity index (χ0n) is 11.6. The van der Waals surface area contributed by atoms with Crippen molar-refractivity contribution in [3.63, 3.8) is 0 Å². The Labute approximate surface area is 115 Å². The summed E-state index contributed by atoms with van der Waals surface area (Å²) in [5.41, 5.74) is 3.74. The van der Waals surface area contributed by atoms with Gasteiger partial charge in [-0.05, 0) is 42.2 Å². The third kappa shape index (κ3) is 3.83. The molecule has 0 unspecified atom stereocenters. The van der Waals surface area contributed by atoms with Crippen LogP contribution in [0.4, 0.5) is 0 Å². The minimum Gasteiger partial charge on any atom is -0.494 e. The van der Waals surface area contributed by atoms with Crippen LogP contribution in [-0.2, 0) is 11.2 Å². The highest BCUT2D eigenvalue weighted by molar-refractivity contribution is 5.64. The van der Waals surface area contributed by atoms with Gasteiger partial charge in [0.1, 0.15) is 5.75 Å². The van der Waals surface area contributed by atoms with Crippen LogP contribution < -0.4 is 4.74 Å². The molecule has 0 saturated heterocycles. The first-order chi connectivity index (χ1) is 9.33. The highest BCUT2D eigenvalue weighted by Crippen LogP contribution is 2.22. The van der Waals surface area contributed by atoms with Gasteiger partial charge in [-0.2, -0.15) is 0 Å². The van der Waals surface area contributed by atoms with Crippen molar-refractivity contribution >= 4 is 0 Å². The molecule has 0 spiro atoms. The van der Waals surface area contributed by atoms with E-state index in [9.17, 15) is 0 Å². The summed E-state index contributed by atoms with van der Waals surface area (Å²) in [6.45, 7) is 3.46. The molecule has 0 heterocycles. The van der Waals surface area contributed by atoms with Crippen LogP contribution in [0.5, 0.6) is 5.75 Å². The van der Waals surface area contributed by atoms with Gasteiger partial charge in [-0.25, -0.2) is 0 Å². The van der Waals surface area contributed by atoms with Crippen molar-refractivity contribution in [2.24, 2.45) is 0 Å². The van der Waals surface area contributed by atoms with Gasteiger partial charge in [0, 0.05) is 7.11 Å². The Balaban J connectivity index is 2.08. The largest absolute Gasteiger partial charge is 0.494 e. The Bertz CT molecular complexity index is 486. The van der Waals surface area contributed by atoms with Crippen molar-refractivity contribution in [1.29, 1.82) is 0 Å². The fourth-order valence-electron chi connectivity index (χ4n) is 1.99. The number of ether oxygens (including phenoxy) is 2. The first-order valence-electron chi connectivity index (χ1n) is 6.64. The van der Waals surface area contributed by atoms with E-state index in [4.69, 9.17) is 9.47 Å². The number of benzene rings is 2. The molecule has 0 aromatic heterocycles. The maximum absolute atomic E-state index is 5.45. The Morgan fingerprint density at radius 1 is 0.842 bits per heavy atom. The van der Waals surface area contributed by atoms with E-state index in [1.54, 1.807) is 7.11 Å². The Morgan fingerprint density at radius 2 is 1.42 bits per heavy atom. The van der Waals surface area contributed by atoms with Crippen LogP contribution in [0.1, 0.15) is 12.5 Å². The van der Waals surface area contributed by atoms with Gasteiger partial charge < -0.3 is 9.47 Å². The molecular formula is C17H20O2. The van der Waals surface area contributed by atoms with Crippen LogP contribution in [0.15, 0.2) is 48.5 Å². The quantitative estimate of drug-likeness (QED) is 0.779. The lowest BCUT2D eigenvalue weighted by atomic mass is 10.0. The number of rotatable bonds is 6. The second kappa shape index (κ2) is 6.95. The third-order valence-corrected chi connectivity index (χ3v) is 3.05. The summed E-state index contributed by atoms with van der Waals surface area (Å²) < 4.78 is 10.5. The molecule has 100 valence electrons. The fraction of sp³-hybridized carbons (Fsp3) is 0.294. The molecule has 2 aromatic carbocycles. The summed E-state index contributed by atoms with van der Waals surface area (Å²) in [5, 5.41) is 0. The fourth-order valence-corrected chi connectivity index (χ4v) is 1.99. The Hall–Kier alpha value is -1.80. The molecule has 19 heavy (non-hydrogen) atoms. The van der Waals surface area contributed by atoms with Crippen molar-refractivity contribution in [3.05, 3.63) is 54.1 Å². The molecule has 2 aromatic rings. The monoisotopic (exact) mass is 256 g/mol. The zero-order valence-corrected chi connectivity index (χ0v) is 11.6. The lowest BCUT2D eigenvalue weighted by molar-refractivity contribution is 0.202. The van der Waals surface area contributed by atoms with Crippen LogP contribution in [0.3, 0.4) is 0 Å². The molecule has 0 N–H and O–H groups in total. The van der Waals surface area contributed by atoms with Crippen molar-refractivity contribution in [2.45, 2.75) is 13.3 Å². The first kappa shape index (κ1) is 13.6. The third-order valence-electron chi connectivity index (χ3n) is 3.05. The summed E-state index contributed by atoms with van der Waals surface area (Å²) in [6.07, 6.45) is 0.958. The predicted octanol–water partition coefficient (Wildman–Crippen LogP) is 3.94. The van der Waals surface area contributed by atoms with E-state index >= 15 is 0 Å². The van der Waals surface area contributed by atoms with Crippen LogP contribution in [0.2, 0.25) is 0 Å². The molecule has 2 nitrogen and oxygen atoms in total. The van der Waals surface area contributed by atoms with Gasteiger partial charge in [-0.3, -0.25) is 0 Å². The topological polar surface area (TPSA) is 18.5 Å². The van der Waals surface area contributed by atoms with Crippen LogP contribution in [0.25, 0.3) is 11.1 Å². The van der Waals surface area contributed by atoms with Crippen molar-refractivity contribution in [2.75, 3.05) is 20.3 Å². The summed E-state index contributed by atoms with van der Waals surface area (Å²) in [7, 11) is 1.73. The summed E-state index contributed by atoms with van der Waals surface area (Å²) in [4.78, 5) is 0. The van der Waals surface area contributed by atoms with Gasteiger partial charge in [0.25, 0.3) is 0 Å². The molecule has 0 amide bonds. The van der Waals surface area contributed by atoms with E-state index in [2.05, 4.69) is 36.4 Å². The maximum atomic E-state index is 5.45. The van der Waals surface area contributed by atoms with E-state index < -0.39 is 0 Å². The minimum atomic E-state index is 0.702. The zero-order chi connectivity index (χ0) is 13.5. The average molecular weight is 256 g/mol. The summed E-state index contributed by atoms with van der Waals surface area (Å²) in [5.74, 6) is 0.919. The lowest BCUT2D eigenvalue weighted by Gasteiger charge is -2.06. The molecule has 0 aliphatic rings. The molecule has 0 aliphatic carbocycles. The smallest absolute Gasteiger partial charge is 0.119 e. The summed E-state index contributed by atoms with van der Waals surface area (Å²) >= 11 is 0. The lowest BCUT2D eigenvalue weighted by Crippen LogP contribution is -1.94. The van der Waals surface area contributed by atoms with Crippen molar-refractivity contribution in [1.82, 2.24) is 0 Å². The van der Waals surface area contributed by atoms with E-state index in [1.807, 2.05) is 19.1 Å². The SMILES string of the molecule is CCOc1ccc(-c2ccc(CCOC)cc2)cc1. The standard InChI is InChI=1S/C17H20O2/c1-3-19-17-10-8-16(9-11-17)15-6-4-14(5-7-15)12-13-18-2/h4-11H,3,12-13H2,1-2H3. The summed E-state index contributed by atoms with van der Waals surface area (Å²) in [6, 6.07) is 16.8. The first-order valence-corrected chi connectivity index (χ1v) is 6.64. The number of methoxy groups -OCH3 is 1. The van der Waals surface area contributed by atoms with Crippen LogP contribution in [-0.4, -0.2) is 20.3 Å². The average Bonchev–Trinajstić information content (AvgIpc) is 2.47. The Morgan fingerprint density at radius 3 is 1.95 bits per heavy atom. The highest BCUT2D eigenvalue weighted by Gasteiger charge is 1.99. The molecule has 0 saturated carbocycles. The van der Waals surface area contributed by atoms with Gasteiger partial charge in [-0.15, -0.1) is 0 Å². The van der Waals surface area contributed by atoms with Gasteiger partial charge in [0.2, 0.25) is 0 Å². The van der Waals surface area contributed by atoms with Gasteiger partial charge >= 0.3 is 0 Å². The predicted molar refractivity (Wildman–Crippen MR) is 78.6 cm³/mol. The molecule has 0 atom stereocenters. The second-order valence-corrected chi connectivity index (χ2v) is 4.40. The van der Waals surface area contributed by atoms with Gasteiger partial charge in [-0.1, -0.05) is 36.4 Å². The molecule has 0 aliphatic heterocycles. The molecule has 0 bridgehead atoms. The number of hydrogen-bond donors (Lipinski definition) is 0. The number of hydrogen-bond acceptors (Lipinski definition) is 2. The second-order valence-electron chi connectivity index (χ2n) is 4.40. The van der Waals surface area contributed by atoms with E-state index in [-0.39, 0.29) is 0 Å². The van der Waals surface area contributed by atoms with Crippen molar-refractivity contribution in [3.8, 4) is 16.9 Å². The highest BCUT2D eigenvalue weighted by atomic mass is 16.5. The van der Waals surface area contributed by atoms with Crippen LogP contribution >= 0.6 is 0 Å². The molecule has 0 fully saturated rings. The van der Waals surface area contributed by atoms with Crippen molar-refractivity contribution < 1.29 is 9.47 Å². The van der Waals surface area contributed by atoms with Gasteiger partial charge in [0.15, 0.2) is 0 Å². The van der Waals surface area contributed by atoms with E-state index in [0.717, 1.165) is 18.8 Å². The van der Waals surface area contributed by atoms with Crippen LogP contribution in [0, 0.1) is 0 Å². The molecule has 0 radical (unpaired) electrons. The normalized spacial score (nSPS) is 10.4.